The van der Waals surface area contributed by atoms with Gasteiger partial charge in [-0.3, -0.25) is 9.58 Å². The maximum Gasteiger partial charge on any atom is 0.0554 e. The zero-order valence-electron chi connectivity index (χ0n) is 8.62. The van der Waals surface area contributed by atoms with Crippen LogP contribution in [0.25, 0.3) is 0 Å². The first-order chi connectivity index (χ1) is 6.18. The first kappa shape index (κ1) is 8.75. The Hall–Kier alpha value is -0.830. The molecule has 0 saturated carbocycles. The van der Waals surface area contributed by atoms with Gasteiger partial charge in [-0.1, -0.05) is 0 Å². The maximum atomic E-state index is 4.34. The Morgan fingerprint density at radius 1 is 1.38 bits per heavy atom. The summed E-state index contributed by atoms with van der Waals surface area (Å²) in [5.74, 6) is 0. The number of nitrogens with zero attached hydrogens (tertiary/aromatic N) is 3. The van der Waals surface area contributed by atoms with E-state index in [4.69, 9.17) is 0 Å². The van der Waals surface area contributed by atoms with Gasteiger partial charge in [0.2, 0.25) is 0 Å². The van der Waals surface area contributed by atoms with Gasteiger partial charge in [-0.05, 0) is 26.3 Å². The predicted molar refractivity (Wildman–Crippen MR) is 52.5 cm³/mol. The van der Waals surface area contributed by atoms with Crippen molar-refractivity contribution >= 4 is 0 Å². The van der Waals surface area contributed by atoms with Crippen molar-refractivity contribution in [2.75, 3.05) is 6.54 Å². The molecule has 1 aliphatic rings. The quantitative estimate of drug-likeness (QED) is 0.650. The van der Waals surface area contributed by atoms with E-state index < -0.39 is 0 Å². The molecule has 0 N–H and O–H groups in total. The Kier molecular flexibility index (Phi) is 2.12. The Balaban J connectivity index is 2.22. The van der Waals surface area contributed by atoms with E-state index in [1.807, 2.05) is 6.20 Å². The fraction of sp³-hybridized carbons (Fsp3) is 0.700. The molecule has 0 unspecified atom stereocenters. The van der Waals surface area contributed by atoms with Crippen LogP contribution in [0, 0.1) is 6.92 Å². The lowest BCUT2D eigenvalue weighted by Crippen LogP contribution is -2.38. The monoisotopic (exact) mass is 179 g/mol. The van der Waals surface area contributed by atoms with E-state index in [1.165, 1.54) is 11.3 Å². The van der Waals surface area contributed by atoms with Crippen molar-refractivity contribution in [1.82, 2.24) is 14.7 Å². The van der Waals surface area contributed by atoms with Crippen LogP contribution in [0.5, 0.6) is 0 Å². The molecular weight excluding hydrogens is 162 g/mol. The standard InChI is InChI=1S/C10H17N3/c1-8(2)12-4-5-13-10(7-12)9(3)6-11-13/h6,8H,4-5,7H2,1-3H3. The summed E-state index contributed by atoms with van der Waals surface area (Å²) >= 11 is 0. The Labute approximate surface area is 79.3 Å². The molecule has 1 aromatic rings. The molecule has 0 bridgehead atoms. The molecule has 2 rings (SSSR count). The van der Waals surface area contributed by atoms with Gasteiger partial charge in [0.05, 0.1) is 18.4 Å². The molecule has 3 heteroatoms. The highest BCUT2D eigenvalue weighted by atomic mass is 15.3. The van der Waals surface area contributed by atoms with Crippen molar-refractivity contribution in [1.29, 1.82) is 0 Å². The fourth-order valence-corrected chi connectivity index (χ4v) is 1.84. The second-order valence-electron chi connectivity index (χ2n) is 4.06. The van der Waals surface area contributed by atoms with E-state index in [1.54, 1.807) is 0 Å². The molecule has 72 valence electrons. The Morgan fingerprint density at radius 2 is 2.15 bits per heavy atom. The number of fused-ring (bicyclic) bond motifs is 1. The zero-order chi connectivity index (χ0) is 9.42. The Bertz CT molecular complexity index is 301. The Morgan fingerprint density at radius 3 is 2.85 bits per heavy atom. The third-order valence-corrected chi connectivity index (χ3v) is 2.84. The highest BCUT2D eigenvalue weighted by Crippen LogP contribution is 2.16. The minimum atomic E-state index is 0.642. The van der Waals surface area contributed by atoms with Crippen molar-refractivity contribution in [2.45, 2.75) is 39.9 Å². The highest BCUT2D eigenvalue weighted by Gasteiger charge is 2.19. The number of hydrogen-bond acceptors (Lipinski definition) is 2. The van der Waals surface area contributed by atoms with Gasteiger partial charge in [0.15, 0.2) is 0 Å². The average molecular weight is 179 g/mol. The van der Waals surface area contributed by atoms with Crippen LogP contribution in [0.1, 0.15) is 25.1 Å². The molecule has 13 heavy (non-hydrogen) atoms. The number of hydrogen-bond donors (Lipinski definition) is 0. The van der Waals surface area contributed by atoms with Crippen LogP contribution in [0.4, 0.5) is 0 Å². The van der Waals surface area contributed by atoms with Crippen LogP contribution >= 0.6 is 0 Å². The van der Waals surface area contributed by atoms with E-state index in [-0.39, 0.29) is 0 Å². The van der Waals surface area contributed by atoms with Crippen LogP contribution < -0.4 is 0 Å². The second-order valence-corrected chi connectivity index (χ2v) is 4.06. The molecule has 0 fully saturated rings. The van der Waals surface area contributed by atoms with Crippen molar-refractivity contribution in [3.05, 3.63) is 17.5 Å². The normalized spacial score (nSPS) is 17.8. The topological polar surface area (TPSA) is 21.1 Å². The fourth-order valence-electron chi connectivity index (χ4n) is 1.84. The lowest BCUT2D eigenvalue weighted by Gasteiger charge is -2.31. The van der Waals surface area contributed by atoms with Crippen molar-refractivity contribution in [3.63, 3.8) is 0 Å². The van der Waals surface area contributed by atoms with Gasteiger partial charge < -0.3 is 0 Å². The molecule has 0 aromatic carbocycles. The minimum absolute atomic E-state index is 0.642. The molecule has 0 atom stereocenters. The summed E-state index contributed by atoms with van der Waals surface area (Å²) in [4.78, 5) is 2.49. The molecular formula is C10H17N3. The SMILES string of the molecule is Cc1cnn2c1CN(C(C)C)CC2. The molecule has 0 saturated heterocycles. The van der Waals surface area contributed by atoms with Crippen molar-refractivity contribution in [2.24, 2.45) is 0 Å². The number of aryl methyl sites for hydroxylation is 1. The summed E-state index contributed by atoms with van der Waals surface area (Å²) in [5, 5.41) is 4.34. The van der Waals surface area contributed by atoms with E-state index >= 15 is 0 Å². The van der Waals surface area contributed by atoms with Crippen molar-refractivity contribution < 1.29 is 0 Å². The second kappa shape index (κ2) is 3.14. The van der Waals surface area contributed by atoms with E-state index in [0.29, 0.717) is 6.04 Å². The summed E-state index contributed by atoms with van der Waals surface area (Å²) in [5.41, 5.74) is 2.71. The van der Waals surface area contributed by atoms with Crippen LogP contribution in [0.2, 0.25) is 0 Å². The molecule has 0 spiro atoms. The lowest BCUT2D eigenvalue weighted by atomic mass is 10.2. The number of aromatic nitrogens is 2. The summed E-state index contributed by atoms with van der Waals surface area (Å²) < 4.78 is 2.13. The maximum absolute atomic E-state index is 4.34. The molecule has 1 aromatic heterocycles. The number of rotatable bonds is 1. The van der Waals surface area contributed by atoms with Gasteiger partial charge in [0, 0.05) is 19.1 Å². The molecule has 3 nitrogen and oxygen atoms in total. The van der Waals surface area contributed by atoms with Gasteiger partial charge in [-0.2, -0.15) is 5.10 Å². The van der Waals surface area contributed by atoms with Crippen LogP contribution in [-0.2, 0) is 13.1 Å². The van der Waals surface area contributed by atoms with Gasteiger partial charge in [-0.15, -0.1) is 0 Å². The summed E-state index contributed by atoms with van der Waals surface area (Å²) in [6.45, 7) is 9.88. The van der Waals surface area contributed by atoms with Crippen LogP contribution in [0.15, 0.2) is 6.20 Å². The summed E-state index contributed by atoms with van der Waals surface area (Å²) in [6, 6.07) is 0.642. The highest BCUT2D eigenvalue weighted by molar-refractivity contribution is 5.16. The zero-order valence-corrected chi connectivity index (χ0v) is 8.62. The van der Waals surface area contributed by atoms with Crippen LogP contribution in [-0.4, -0.2) is 27.3 Å². The largest absolute Gasteiger partial charge is 0.293 e. The molecule has 0 radical (unpaired) electrons. The van der Waals surface area contributed by atoms with E-state index in [2.05, 4.69) is 35.5 Å². The van der Waals surface area contributed by atoms with Gasteiger partial charge >= 0.3 is 0 Å². The first-order valence-corrected chi connectivity index (χ1v) is 4.94. The van der Waals surface area contributed by atoms with Gasteiger partial charge in [-0.25, -0.2) is 0 Å². The smallest absolute Gasteiger partial charge is 0.0554 e. The third kappa shape index (κ3) is 1.48. The molecule has 0 amide bonds. The van der Waals surface area contributed by atoms with Crippen LogP contribution in [0.3, 0.4) is 0 Å². The molecule has 1 aliphatic heterocycles. The lowest BCUT2D eigenvalue weighted by molar-refractivity contribution is 0.170. The average Bonchev–Trinajstić information content (AvgIpc) is 2.47. The van der Waals surface area contributed by atoms with E-state index in [9.17, 15) is 0 Å². The first-order valence-electron chi connectivity index (χ1n) is 4.94. The van der Waals surface area contributed by atoms with Gasteiger partial charge in [0.1, 0.15) is 0 Å². The third-order valence-electron chi connectivity index (χ3n) is 2.84. The summed E-state index contributed by atoms with van der Waals surface area (Å²) in [7, 11) is 0. The van der Waals surface area contributed by atoms with E-state index in [0.717, 1.165) is 19.6 Å². The molecule has 0 aliphatic carbocycles. The summed E-state index contributed by atoms with van der Waals surface area (Å²) in [6.07, 6.45) is 1.97. The predicted octanol–water partition coefficient (Wildman–Crippen LogP) is 1.42. The van der Waals surface area contributed by atoms with Crippen molar-refractivity contribution in [3.8, 4) is 0 Å². The van der Waals surface area contributed by atoms with Gasteiger partial charge in [0.25, 0.3) is 0 Å². The minimum Gasteiger partial charge on any atom is -0.293 e. The molecule has 2 heterocycles.